The van der Waals surface area contributed by atoms with Crippen molar-refractivity contribution in [3.8, 4) is 17.1 Å². The Morgan fingerprint density at radius 3 is 2.75 bits per heavy atom. The number of rotatable bonds is 11. The predicted octanol–water partition coefficient (Wildman–Crippen LogP) is 3.12. The highest BCUT2D eigenvalue weighted by Gasteiger charge is 2.25. The molecular formula is C26H29FN6O3. The van der Waals surface area contributed by atoms with Gasteiger partial charge in [0.15, 0.2) is 5.82 Å². The number of ether oxygens (including phenoxy) is 1. The normalized spacial score (nSPS) is 17.8. The number of nitrogens with two attached hydrogens (primary N) is 1. The van der Waals surface area contributed by atoms with E-state index in [1.54, 1.807) is 19.1 Å². The zero-order valence-corrected chi connectivity index (χ0v) is 20.0. The van der Waals surface area contributed by atoms with Crippen LogP contribution in [0.3, 0.4) is 0 Å². The van der Waals surface area contributed by atoms with Crippen LogP contribution in [0.25, 0.3) is 11.4 Å². The average molecular weight is 493 g/mol. The molecule has 2 heterocycles. The van der Waals surface area contributed by atoms with Crippen molar-refractivity contribution in [3.05, 3.63) is 71.9 Å². The van der Waals surface area contributed by atoms with Gasteiger partial charge in [0, 0.05) is 30.8 Å². The van der Waals surface area contributed by atoms with Gasteiger partial charge in [0.1, 0.15) is 34.9 Å². The zero-order chi connectivity index (χ0) is 25.7. The minimum atomic E-state index is -0.702. The number of anilines is 1. The number of benzene rings is 1. The second-order valence-corrected chi connectivity index (χ2v) is 8.65. The fourth-order valence-corrected chi connectivity index (χ4v) is 3.67. The van der Waals surface area contributed by atoms with Crippen molar-refractivity contribution in [1.82, 2.24) is 20.6 Å². The smallest absolute Gasteiger partial charge is 0.267 e. The van der Waals surface area contributed by atoms with Gasteiger partial charge >= 0.3 is 0 Å². The van der Waals surface area contributed by atoms with E-state index in [0.717, 1.165) is 18.4 Å². The molecule has 2 fully saturated rings. The number of nitrogens with one attached hydrogen (secondary N) is 3. The number of hydrogen-bond acceptors (Lipinski definition) is 7. The maximum Gasteiger partial charge on any atom is 0.267 e. The van der Waals surface area contributed by atoms with Crippen LogP contribution in [0, 0.1) is 0 Å². The maximum atomic E-state index is 13.4. The van der Waals surface area contributed by atoms with Crippen LogP contribution in [0.4, 0.5) is 10.2 Å². The largest absolute Gasteiger partial charge is 0.458 e. The van der Waals surface area contributed by atoms with Crippen molar-refractivity contribution in [2.24, 2.45) is 5.73 Å². The van der Waals surface area contributed by atoms with Crippen molar-refractivity contribution >= 4 is 17.6 Å². The van der Waals surface area contributed by atoms with E-state index in [0.29, 0.717) is 48.5 Å². The fraction of sp³-hybridized carbons (Fsp3) is 0.308. The SMILES string of the molecule is C=C(/C=C\C(F)=C/C)Oc1ccc(-c2nc(N[C@H]3CCNC3=O)cc(C(N)=O)n2)c(CNC2CC2)c1. The first kappa shape index (κ1) is 25.1. The molecule has 36 heavy (non-hydrogen) atoms. The quantitative estimate of drug-likeness (QED) is 0.280. The molecule has 1 aromatic carbocycles. The van der Waals surface area contributed by atoms with Crippen molar-refractivity contribution < 1.29 is 18.7 Å². The summed E-state index contributed by atoms with van der Waals surface area (Å²) in [7, 11) is 0. The molecule has 1 aliphatic heterocycles. The Morgan fingerprint density at radius 2 is 2.08 bits per heavy atom. The third kappa shape index (κ3) is 6.54. The Morgan fingerprint density at radius 1 is 1.28 bits per heavy atom. The Kier molecular flexibility index (Phi) is 7.74. The van der Waals surface area contributed by atoms with E-state index in [2.05, 4.69) is 32.5 Å². The second kappa shape index (κ2) is 11.1. The van der Waals surface area contributed by atoms with E-state index < -0.39 is 17.8 Å². The molecule has 1 atom stereocenters. The maximum absolute atomic E-state index is 13.4. The van der Waals surface area contributed by atoms with Gasteiger partial charge in [-0.15, -0.1) is 0 Å². The first-order chi connectivity index (χ1) is 17.3. The zero-order valence-electron chi connectivity index (χ0n) is 20.0. The molecule has 0 bridgehead atoms. The summed E-state index contributed by atoms with van der Waals surface area (Å²) in [6, 6.07) is 6.77. The van der Waals surface area contributed by atoms with Crippen LogP contribution in [-0.4, -0.2) is 40.4 Å². The number of nitrogens with zero attached hydrogens (tertiary/aromatic N) is 2. The summed E-state index contributed by atoms with van der Waals surface area (Å²) in [5.41, 5.74) is 7.08. The standard InChI is InChI=1S/C26H29FN6O3/c1-3-17(27)5-4-15(2)36-19-8-9-20(16(12-19)14-30-18-6-7-18)25-32-22(24(28)34)13-23(33-25)31-21-10-11-29-26(21)35/h3-5,8-9,12-13,18,21,30H,2,6-7,10-11,14H2,1H3,(H2,28,34)(H,29,35)(H,31,32,33)/b5-4-,17-3+/t21-/m0/s1. The van der Waals surface area contributed by atoms with Gasteiger partial charge in [0.25, 0.3) is 5.91 Å². The molecule has 188 valence electrons. The average Bonchev–Trinajstić information content (AvgIpc) is 3.61. The lowest BCUT2D eigenvalue weighted by atomic mass is 10.1. The van der Waals surface area contributed by atoms with Gasteiger partial charge in [0.2, 0.25) is 5.91 Å². The van der Waals surface area contributed by atoms with Gasteiger partial charge in [0.05, 0.1) is 0 Å². The molecule has 0 spiro atoms. The molecular weight excluding hydrogens is 463 g/mol. The summed E-state index contributed by atoms with van der Waals surface area (Å²) < 4.78 is 19.2. The summed E-state index contributed by atoms with van der Waals surface area (Å²) in [5.74, 6) is 0.183. The second-order valence-electron chi connectivity index (χ2n) is 8.65. The highest BCUT2D eigenvalue weighted by atomic mass is 19.1. The molecule has 1 saturated heterocycles. The number of primary amides is 1. The first-order valence-corrected chi connectivity index (χ1v) is 11.8. The molecule has 2 aromatic rings. The molecule has 1 aromatic heterocycles. The molecule has 0 unspecified atom stereocenters. The lowest BCUT2D eigenvalue weighted by Gasteiger charge is -2.15. The third-order valence-corrected chi connectivity index (χ3v) is 5.78. The van der Waals surface area contributed by atoms with Gasteiger partial charge in [-0.3, -0.25) is 9.59 Å². The number of carbonyl (C=O) groups is 2. The monoisotopic (exact) mass is 492 g/mol. The van der Waals surface area contributed by atoms with E-state index in [1.807, 2.05) is 6.07 Å². The minimum absolute atomic E-state index is 0.0341. The van der Waals surface area contributed by atoms with Crippen LogP contribution in [0.2, 0.25) is 0 Å². The van der Waals surface area contributed by atoms with Crippen LogP contribution in [0.5, 0.6) is 5.75 Å². The van der Waals surface area contributed by atoms with Crippen molar-refractivity contribution in [1.29, 1.82) is 0 Å². The van der Waals surface area contributed by atoms with E-state index in [1.165, 1.54) is 24.3 Å². The Balaban J connectivity index is 1.65. The highest BCUT2D eigenvalue weighted by Crippen LogP contribution is 2.29. The molecule has 1 saturated carbocycles. The van der Waals surface area contributed by atoms with Gasteiger partial charge in [-0.05, 0) is 62.1 Å². The van der Waals surface area contributed by atoms with Gasteiger partial charge in [-0.2, -0.15) is 0 Å². The Bertz CT molecular complexity index is 1240. The summed E-state index contributed by atoms with van der Waals surface area (Å²) in [5, 5.41) is 9.30. The molecule has 9 nitrogen and oxygen atoms in total. The minimum Gasteiger partial charge on any atom is -0.458 e. The van der Waals surface area contributed by atoms with Crippen molar-refractivity contribution in [2.75, 3.05) is 11.9 Å². The van der Waals surface area contributed by atoms with E-state index in [4.69, 9.17) is 10.5 Å². The Hall–Kier alpha value is -4.05. The Labute approximate surface area is 208 Å². The highest BCUT2D eigenvalue weighted by molar-refractivity contribution is 5.92. The molecule has 10 heteroatoms. The van der Waals surface area contributed by atoms with Crippen LogP contribution in [0.15, 0.2) is 60.7 Å². The number of hydrogen-bond donors (Lipinski definition) is 4. The lowest BCUT2D eigenvalue weighted by molar-refractivity contribution is -0.119. The van der Waals surface area contributed by atoms with Crippen LogP contribution >= 0.6 is 0 Å². The number of carbonyl (C=O) groups excluding carboxylic acids is 2. The number of halogens is 1. The van der Waals surface area contributed by atoms with E-state index >= 15 is 0 Å². The lowest BCUT2D eigenvalue weighted by Crippen LogP contribution is -2.30. The van der Waals surface area contributed by atoms with Crippen LogP contribution < -0.4 is 26.4 Å². The third-order valence-electron chi connectivity index (χ3n) is 5.78. The van der Waals surface area contributed by atoms with Crippen molar-refractivity contribution in [2.45, 2.75) is 44.8 Å². The van der Waals surface area contributed by atoms with Gasteiger partial charge in [-0.25, -0.2) is 14.4 Å². The predicted molar refractivity (Wildman–Crippen MR) is 135 cm³/mol. The summed E-state index contributed by atoms with van der Waals surface area (Å²) in [4.78, 5) is 33.0. The molecule has 2 amide bonds. The van der Waals surface area contributed by atoms with Crippen molar-refractivity contribution in [3.63, 3.8) is 0 Å². The van der Waals surface area contributed by atoms with Crippen LogP contribution in [-0.2, 0) is 11.3 Å². The fourth-order valence-electron chi connectivity index (χ4n) is 3.67. The van der Waals surface area contributed by atoms with Crippen LogP contribution in [0.1, 0.15) is 42.2 Å². The van der Waals surface area contributed by atoms with E-state index in [9.17, 15) is 14.0 Å². The molecule has 4 rings (SSSR count). The first-order valence-electron chi connectivity index (χ1n) is 11.8. The summed E-state index contributed by atoms with van der Waals surface area (Å²) >= 11 is 0. The number of allylic oxidation sites excluding steroid dienone is 4. The number of aromatic nitrogens is 2. The number of amides is 2. The molecule has 2 aliphatic rings. The summed E-state index contributed by atoms with van der Waals surface area (Å²) in [6.07, 6.45) is 6.87. The molecule has 5 N–H and O–H groups in total. The van der Waals surface area contributed by atoms with Gasteiger partial charge in [-0.1, -0.05) is 12.7 Å². The molecule has 1 aliphatic carbocycles. The topological polar surface area (TPSA) is 131 Å². The van der Waals surface area contributed by atoms with Gasteiger partial charge < -0.3 is 26.4 Å². The van der Waals surface area contributed by atoms with E-state index in [-0.39, 0.29) is 17.4 Å². The molecule has 0 radical (unpaired) electrons. The summed E-state index contributed by atoms with van der Waals surface area (Å²) in [6.45, 7) is 6.50.